The first-order valence-corrected chi connectivity index (χ1v) is 7.57. The lowest BCUT2D eigenvalue weighted by molar-refractivity contribution is -0.130. The van der Waals surface area contributed by atoms with Crippen LogP contribution in [0.5, 0.6) is 0 Å². The van der Waals surface area contributed by atoms with Crippen molar-refractivity contribution >= 4 is 29.9 Å². The summed E-state index contributed by atoms with van der Waals surface area (Å²) in [6.45, 7) is 3.56. The van der Waals surface area contributed by atoms with E-state index < -0.39 is 11.6 Å². The average molecular weight is 291 g/mol. The molecule has 0 aromatic heterocycles. The fraction of sp³-hybridized carbons (Fsp3) is 0.357. The van der Waals surface area contributed by atoms with Crippen molar-refractivity contribution in [2.75, 3.05) is 6.26 Å². The molecule has 1 atom stereocenters. The summed E-state index contributed by atoms with van der Waals surface area (Å²) >= 11 is 1.65. The average Bonchev–Trinajstić information content (AvgIpc) is 2.68. The highest BCUT2D eigenvalue weighted by molar-refractivity contribution is 7.98. The number of rotatable bonds is 4. The summed E-state index contributed by atoms with van der Waals surface area (Å²) in [6.07, 6.45) is 4.05. The fourth-order valence-electron chi connectivity index (χ4n) is 1.83. The van der Waals surface area contributed by atoms with Crippen LogP contribution in [0.15, 0.2) is 34.3 Å². The molecule has 1 aromatic rings. The number of hydrogen-bond donors (Lipinski definition) is 1. The molecule has 1 saturated heterocycles. The molecule has 20 heavy (non-hydrogen) atoms. The zero-order valence-electron chi connectivity index (χ0n) is 11.7. The van der Waals surface area contributed by atoms with Crippen molar-refractivity contribution in [3.63, 3.8) is 0 Å². The van der Waals surface area contributed by atoms with E-state index in [2.05, 4.69) is 10.4 Å². The molecule has 1 aliphatic rings. The lowest BCUT2D eigenvalue weighted by atomic mass is 10.00. The minimum atomic E-state index is -0.850. The predicted molar refractivity (Wildman–Crippen MR) is 79.9 cm³/mol. The normalized spacial score (nSPS) is 22.6. The van der Waals surface area contributed by atoms with Gasteiger partial charge in [0.1, 0.15) is 5.54 Å². The Bertz CT molecular complexity index is 556. The van der Waals surface area contributed by atoms with Crippen LogP contribution in [-0.4, -0.2) is 35.0 Å². The van der Waals surface area contributed by atoms with Crippen LogP contribution in [0.25, 0.3) is 0 Å². The van der Waals surface area contributed by atoms with Gasteiger partial charge in [-0.1, -0.05) is 19.1 Å². The predicted octanol–water partition coefficient (Wildman–Crippen LogP) is 2.46. The van der Waals surface area contributed by atoms with Gasteiger partial charge >= 0.3 is 6.03 Å². The van der Waals surface area contributed by atoms with Gasteiger partial charge in [0.05, 0.1) is 6.21 Å². The van der Waals surface area contributed by atoms with Crippen molar-refractivity contribution in [1.82, 2.24) is 10.3 Å². The number of urea groups is 1. The minimum absolute atomic E-state index is 0.318. The molecular weight excluding hydrogens is 274 g/mol. The zero-order valence-corrected chi connectivity index (χ0v) is 12.5. The third-order valence-corrected chi connectivity index (χ3v) is 4.13. The summed E-state index contributed by atoms with van der Waals surface area (Å²) in [5, 5.41) is 7.54. The number of nitrogens with zero attached hydrogens (tertiary/aromatic N) is 2. The van der Waals surface area contributed by atoms with E-state index in [4.69, 9.17) is 0 Å². The van der Waals surface area contributed by atoms with Gasteiger partial charge in [-0.15, -0.1) is 16.8 Å². The van der Waals surface area contributed by atoms with E-state index in [1.165, 1.54) is 6.21 Å². The number of thioether (sulfide) groups is 1. The maximum atomic E-state index is 12.1. The minimum Gasteiger partial charge on any atom is -0.322 e. The number of carbonyl (C=O) groups is 2. The molecule has 6 heteroatoms. The molecule has 3 amide bonds. The van der Waals surface area contributed by atoms with Crippen molar-refractivity contribution in [3.05, 3.63) is 29.8 Å². The molecule has 1 aromatic carbocycles. The molecule has 1 fully saturated rings. The lowest BCUT2D eigenvalue weighted by Gasteiger charge is -2.17. The fourth-order valence-corrected chi connectivity index (χ4v) is 2.24. The molecule has 2 rings (SSSR count). The van der Waals surface area contributed by atoms with E-state index in [0.29, 0.717) is 6.42 Å². The lowest BCUT2D eigenvalue weighted by Crippen LogP contribution is -2.42. The highest BCUT2D eigenvalue weighted by Crippen LogP contribution is 2.21. The van der Waals surface area contributed by atoms with Crippen LogP contribution in [0.2, 0.25) is 0 Å². The quantitative estimate of drug-likeness (QED) is 0.526. The number of hydrogen-bond acceptors (Lipinski definition) is 4. The molecule has 1 aliphatic heterocycles. The Hall–Kier alpha value is -1.82. The molecule has 1 N–H and O–H groups in total. The Morgan fingerprint density at radius 2 is 2.00 bits per heavy atom. The van der Waals surface area contributed by atoms with Gasteiger partial charge in [-0.05, 0) is 37.3 Å². The van der Waals surface area contributed by atoms with Gasteiger partial charge in [-0.2, -0.15) is 5.10 Å². The summed E-state index contributed by atoms with van der Waals surface area (Å²) < 4.78 is 0. The van der Waals surface area contributed by atoms with Crippen LogP contribution < -0.4 is 5.32 Å². The first kappa shape index (κ1) is 14.6. The summed E-state index contributed by atoms with van der Waals surface area (Å²) in [7, 11) is 0. The molecule has 0 saturated carbocycles. The molecule has 0 bridgehead atoms. The third-order valence-electron chi connectivity index (χ3n) is 3.38. The van der Waals surface area contributed by atoms with E-state index in [1.54, 1.807) is 18.7 Å². The highest BCUT2D eigenvalue weighted by Gasteiger charge is 2.46. The second-order valence-electron chi connectivity index (χ2n) is 4.75. The SMILES string of the molecule is CC[C@]1(C)NC(=O)N(N=Cc2ccc(SC)cc2)C1=O. The Morgan fingerprint density at radius 3 is 2.50 bits per heavy atom. The second-order valence-corrected chi connectivity index (χ2v) is 5.63. The molecule has 0 aliphatic carbocycles. The van der Waals surface area contributed by atoms with Crippen molar-refractivity contribution in [3.8, 4) is 0 Å². The first-order chi connectivity index (χ1) is 9.50. The monoisotopic (exact) mass is 291 g/mol. The molecule has 1 heterocycles. The van der Waals surface area contributed by atoms with Crippen LogP contribution in [-0.2, 0) is 4.79 Å². The van der Waals surface area contributed by atoms with Crippen molar-refractivity contribution in [2.45, 2.75) is 30.7 Å². The summed E-state index contributed by atoms with van der Waals surface area (Å²) in [5.41, 5.74) is -0.00886. The molecule has 106 valence electrons. The van der Waals surface area contributed by atoms with E-state index in [-0.39, 0.29) is 5.91 Å². The van der Waals surface area contributed by atoms with E-state index in [9.17, 15) is 9.59 Å². The summed E-state index contributed by atoms with van der Waals surface area (Å²) in [6, 6.07) is 7.25. The smallest absolute Gasteiger partial charge is 0.322 e. The second kappa shape index (κ2) is 5.66. The number of carbonyl (C=O) groups excluding carboxylic acids is 2. The van der Waals surface area contributed by atoms with Crippen LogP contribution in [0.3, 0.4) is 0 Å². The van der Waals surface area contributed by atoms with Gasteiger partial charge in [-0.3, -0.25) is 4.79 Å². The molecule has 0 unspecified atom stereocenters. The first-order valence-electron chi connectivity index (χ1n) is 6.35. The Balaban J connectivity index is 2.14. The Morgan fingerprint density at radius 1 is 1.35 bits per heavy atom. The number of imide groups is 1. The highest BCUT2D eigenvalue weighted by atomic mass is 32.2. The Labute approximate surface area is 122 Å². The number of amides is 3. The van der Waals surface area contributed by atoms with Gasteiger partial charge in [0.15, 0.2) is 0 Å². The standard InChI is InChI=1S/C14H17N3O2S/c1-4-14(2)12(18)17(13(19)16-14)15-9-10-5-7-11(20-3)8-6-10/h5-9H,4H2,1-3H3,(H,16,19)/t14-/m0/s1. The molecule has 5 nitrogen and oxygen atoms in total. The van der Waals surface area contributed by atoms with Crippen molar-refractivity contribution < 1.29 is 9.59 Å². The van der Waals surface area contributed by atoms with Gasteiger partial charge in [0.2, 0.25) is 0 Å². The maximum absolute atomic E-state index is 12.1. The maximum Gasteiger partial charge on any atom is 0.346 e. The van der Waals surface area contributed by atoms with Gasteiger partial charge < -0.3 is 5.32 Å². The van der Waals surface area contributed by atoms with Gasteiger partial charge in [0.25, 0.3) is 5.91 Å². The zero-order chi connectivity index (χ0) is 14.8. The number of nitrogens with one attached hydrogen (secondary N) is 1. The van der Waals surface area contributed by atoms with Crippen molar-refractivity contribution in [2.24, 2.45) is 5.10 Å². The molecule has 0 radical (unpaired) electrons. The number of benzene rings is 1. The van der Waals surface area contributed by atoms with Crippen LogP contribution in [0.4, 0.5) is 4.79 Å². The van der Waals surface area contributed by atoms with Crippen LogP contribution in [0.1, 0.15) is 25.8 Å². The summed E-state index contributed by atoms with van der Waals surface area (Å²) in [4.78, 5) is 25.0. The third kappa shape index (κ3) is 2.70. The van der Waals surface area contributed by atoms with Crippen LogP contribution in [0, 0.1) is 0 Å². The number of hydrazone groups is 1. The molecule has 0 spiro atoms. The summed E-state index contributed by atoms with van der Waals surface area (Å²) in [5.74, 6) is -0.318. The van der Waals surface area contributed by atoms with Crippen LogP contribution >= 0.6 is 11.8 Å². The van der Waals surface area contributed by atoms with E-state index in [0.717, 1.165) is 15.5 Å². The van der Waals surface area contributed by atoms with Gasteiger partial charge in [0, 0.05) is 4.90 Å². The van der Waals surface area contributed by atoms with Crippen molar-refractivity contribution in [1.29, 1.82) is 0 Å². The Kier molecular flexibility index (Phi) is 4.13. The van der Waals surface area contributed by atoms with E-state index >= 15 is 0 Å². The molecular formula is C14H17N3O2S. The largest absolute Gasteiger partial charge is 0.346 e. The topological polar surface area (TPSA) is 61.8 Å². The van der Waals surface area contributed by atoms with E-state index in [1.807, 2.05) is 37.4 Å². The van der Waals surface area contributed by atoms with Gasteiger partial charge in [-0.25, -0.2) is 4.79 Å².